The van der Waals surface area contributed by atoms with Gasteiger partial charge in [-0.1, -0.05) is 23.7 Å². The molecule has 0 aliphatic carbocycles. The van der Waals surface area contributed by atoms with Crippen molar-refractivity contribution in [2.75, 3.05) is 5.73 Å². The Bertz CT molecular complexity index is 1470. The van der Waals surface area contributed by atoms with Crippen LogP contribution in [0.25, 0.3) is 22.4 Å². The Morgan fingerprint density at radius 3 is 2.58 bits per heavy atom. The van der Waals surface area contributed by atoms with Gasteiger partial charge < -0.3 is 10.5 Å². The molecular formula is C21H18ClF2N5O3S. The van der Waals surface area contributed by atoms with E-state index < -0.39 is 32.1 Å². The first-order valence-electron chi connectivity index (χ1n) is 9.70. The number of sulfone groups is 1. The molecule has 0 bridgehead atoms. The standard InChI is InChI=1S/C21H18ClF2N5O3S/c1-10(2)32-21-17-18(25)28-29-20(17)26-19(27-21)11-3-4-12(15(24)7-11)9-33(30,31)16-8-13(22)5-6-14(16)23/h3-8,10H,9H2,1-2H3,(H3,25,26,27,28,29). The monoisotopic (exact) mass is 493 g/mol. The zero-order chi connectivity index (χ0) is 23.9. The van der Waals surface area contributed by atoms with Crippen LogP contribution in [0.15, 0.2) is 41.3 Å². The lowest BCUT2D eigenvalue weighted by Crippen LogP contribution is -2.09. The Kier molecular flexibility index (Phi) is 5.93. The first-order chi connectivity index (χ1) is 15.5. The van der Waals surface area contributed by atoms with E-state index in [1.54, 1.807) is 0 Å². The van der Waals surface area contributed by atoms with Crippen molar-refractivity contribution in [2.24, 2.45) is 0 Å². The molecule has 2 heterocycles. The quantitative estimate of drug-likeness (QED) is 0.410. The van der Waals surface area contributed by atoms with Gasteiger partial charge in [-0.2, -0.15) is 10.1 Å². The van der Waals surface area contributed by atoms with E-state index in [0.717, 1.165) is 18.2 Å². The maximum Gasteiger partial charge on any atom is 0.230 e. The van der Waals surface area contributed by atoms with Gasteiger partial charge in [0, 0.05) is 16.1 Å². The highest BCUT2D eigenvalue weighted by atomic mass is 35.5. The van der Waals surface area contributed by atoms with Crippen LogP contribution in [-0.4, -0.2) is 34.7 Å². The summed E-state index contributed by atoms with van der Waals surface area (Å²) in [5.74, 6) is -2.02. The summed E-state index contributed by atoms with van der Waals surface area (Å²) in [6.45, 7) is 3.61. The van der Waals surface area contributed by atoms with E-state index in [0.29, 0.717) is 5.39 Å². The highest BCUT2D eigenvalue weighted by Gasteiger charge is 2.23. The maximum absolute atomic E-state index is 14.9. The van der Waals surface area contributed by atoms with Gasteiger partial charge in [0.1, 0.15) is 27.7 Å². The molecule has 0 fully saturated rings. The number of hydrogen-bond donors (Lipinski definition) is 2. The number of benzene rings is 2. The highest BCUT2D eigenvalue weighted by Crippen LogP contribution is 2.31. The van der Waals surface area contributed by atoms with E-state index in [1.807, 2.05) is 13.8 Å². The normalized spacial score (nSPS) is 11.9. The summed E-state index contributed by atoms with van der Waals surface area (Å²) in [7, 11) is -4.19. The van der Waals surface area contributed by atoms with Crippen LogP contribution in [0.4, 0.5) is 14.6 Å². The van der Waals surface area contributed by atoms with Crippen LogP contribution in [-0.2, 0) is 15.6 Å². The minimum Gasteiger partial charge on any atom is -0.474 e. The van der Waals surface area contributed by atoms with Gasteiger partial charge in [-0.05, 0) is 38.1 Å². The largest absolute Gasteiger partial charge is 0.474 e. The minimum absolute atomic E-state index is 0.0526. The third-order valence-corrected chi connectivity index (χ3v) is 6.55. The topological polar surface area (TPSA) is 124 Å². The molecule has 0 aliphatic heterocycles. The number of nitrogen functional groups attached to an aromatic ring is 1. The lowest BCUT2D eigenvalue weighted by molar-refractivity contribution is 0.236. The molecule has 12 heteroatoms. The first-order valence-corrected chi connectivity index (χ1v) is 11.7. The minimum atomic E-state index is -4.19. The van der Waals surface area contributed by atoms with Gasteiger partial charge in [-0.15, -0.1) is 0 Å². The molecule has 0 spiro atoms. The van der Waals surface area contributed by atoms with E-state index in [9.17, 15) is 17.2 Å². The smallest absolute Gasteiger partial charge is 0.230 e. The number of nitrogens with one attached hydrogen (secondary N) is 1. The van der Waals surface area contributed by atoms with E-state index in [-0.39, 0.29) is 45.4 Å². The average molecular weight is 494 g/mol. The van der Waals surface area contributed by atoms with Crippen LogP contribution in [0.3, 0.4) is 0 Å². The Balaban J connectivity index is 1.71. The van der Waals surface area contributed by atoms with Crippen molar-refractivity contribution in [1.82, 2.24) is 20.2 Å². The summed E-state index contributed by atoms with van der Waals surface area (Å²) in [6.07, 6.45) is -0.221. The number of hydrogen-bond acceptors (Lipinski definition) is 7. The summed E-state index contributed by atoms with van der Waals surface area (Å²) >= 11 is 5.79. The van der Waals surface area contributed by atoms with Gasteiger partial charge in [0.05, 0.1) is 11.9 Å². The molecule has 0 aliphatic rings. The fourth-order valence-corrected chi connectivity index (χ4v) is 4.86. The fourth-order valence-electron chi connectivity index (χ4n) is 3.15. The number of H-pyrrole nitrogens is 1. The van der Waals surface area contributed by atoms with Crippen LogP contribution in [0.1, 0.15) is 19.4 Å². The predicted molar refractivity (Wildman–Crippen MR) is 120 cm³/mol. The van der Waals surface area contributed by atoms with Crippen molar-refractivity contribution < 1.29 is 21.9 Å². The van der Waals surface area contributed by atoms with E-state index in [1.165, 1.54) is 18.2 Å². The zero-order valence-electron chi connectivity index (χ0n) is 17.4. The highest BCUT2D eigenvalue weighted by molar-refractivity contribution is 7.90. The second kappa shape index (κ2) is 8.56. The van der Waals surface area contributed by atoms with Gasteiger partial charge in [0.15, 0.2) is 21.3 Å². The molecule has 4 rings (SSSR count). The van der Waals surface area contributed by atoms with Crippen molar-refractivity contribution in [2.45, 2.75) is 30.6 Å². The molecule has 8 nitrogen and oxygen atoms in total. The second-order valence-electron chi connectivity index (χ2n) is 7.49. The van der Waals surface area contributed by atoms with E-state index in [4.69, 9.17) is 22.1 Å². The Morgan fingerprint density at radius 2 is 1.88 bits per heavy atom. The van der Waals surface area contributed by atoms with Crippen molar-refractivity contribution in [3.8, 4) is 17.3 Å². The molecular weight excluding hydrogens is 476 g/mol. The van der Waals surface area contributed by atoms with Crippen LogP contribution < -0.4 is 10.5 Å². The molecule has 2 aromatic carbocycles. The van der Waals surface area contributed by atoms with E-state index in [2.05, 4.69) is 20.2 Å². The van der Waals surface area contributed by atoms with Crippen LogP contribution in [0, 0.1) is 11.6 Å². The molecule has 0 unspecified atom stereocenters. The van der Waals surface area contributed by atoms with Crippen LogP contribution >= 0.6 is 11.6 Å². The van der Waals surface area contributed by atoms with Crippen molar-refractivity contribution in [3.63, 3.8) is 0 Å². The average Bonchev–Trinajstić information content (AvgIpc) is 3.11. The van der Waals surface area contributed by atoms with Crippen molar-refractivity contribution >= 4 is 38.3 Å². The maximum atomic E-state index is 14.9. The lowest BCUT2D eigenvalue weighted by Gasteiger charge is -2.12. The van der Waals surface area contributed by atoms with Crippen LogP contribution in [0.5, 0.6) is 5.88 Å². The lowest BCUT2D eigenvalue weighted by atomic mass is 10.1. The molecule has 0 amide bonds. The Labute approximate surface area is 192 Å². The zero-order valence-corrected chi connectivity index (χ0v) is 19.0. The molecule has 0 radical (unpaired) electrons. The SMILES string of the molecule is CC(C)Oc1nc(-c2ccc(CS(=O)(=O)c3cc(Cl)ccc3F)c(F)c2)nc2n[nH]c(N)c12. The molecule has 33 heavy (non-hydrogen) atoms. The number of anilines is 1. The van der Waals surface area contributed by atoms with Gasteiger partial charge >= 0.3 is 0 Å². The number of halogens is 3. The first kappa shape index (κ1) is 22.9. The van der Waals surface area contributed by atoms with Gasteiger partial charge in [0.2, 0.25) is 5.88 Å². The molecule has 3 N–H and O–H groups in total. The third kappa shape index (κ3) is 4.60. The molecule has 0 saturated heterocycles. The van der Waals surface area contributed by atoms with Crippen LogP contribution in [0.2, 0.25) is 5.02 Å². The second-order valence-corrected chi connectivity index (χ2v) is 9.89. The molecule has 2 aromatic heterocycles. The summed E-state index contributed by atoms with van der Waals surface area (Å²) in [6, 6.07) is 6.99. The molecule has 172 valence electrons. The third-order valence-electron chi connectivity index (χ3n) is 4.64. The van der Waals surface area contributed by atoms with Gasteiger partial charge in [0.25, 0.3) is 0 Å². The number of ether oxygens (including phenoxy) is 1. The Morgan fingerprint density at radius 1 is 1.12 bits per heavy atom. The molecule has 0 saturated carbocycles. The summed E-state index contributed by atoms with van der Waals surface area (Å²) in [5, 5.41) is 7.07. The number of nitrogens with two attached hydrogens (primary N) is 1. The van der Waals surface area contributed by atoms with E-state index >= 15 is 0 Å². The van der Waals surface area contributed by atoms with Gasteiger partial charge in [-0.25, -0.2) is 22.2 Å². The molecule has 0 atom stereocenters. The number of nitrogens with zero attached hydrogens (tertiary/aromatic N) is 3. The van der Waals surface area contributed by atoms with Gasteiger partial charge in [-0.3, -0.25) is 5.10 Å². The summed E-state index contributed by atoms with van der Waals surface area (Å²) in [5.41, 5.74) is 6.23. The number of aromatic amines is 1. The Hall–Kier alpha value is -3.31. The molecule has 4 aromatic rings. The predicted octanol–water partition coefficient (Wildman–Crippen LogP) is 4.29. The number of aromatic nitrogens is 4. The number of rotatable bonds is 6. The fraction of sp³-hybridized carbons (Fsp3) is 0.190. The van der Waals surface area contributed by atoms with Crippen molar-refractivity contribution in [1.29, 1.82) is 0 Å². The summed E-state index contributed by atoms with van der Waals surface area (Å²) in [4.78, 5) is 8.02. The summed E-state index contributed by atoms with van der Waals surface area (Å²) < 4.78 is 59.9. The number of fused-ring (bicyclic) bond motifs is 1. The van der Waals surface area contributed by atoms with Crippen molar-refractivity contribution in [3.05, 3.63) is 58.6 Å².